The lowest BCUT2D eigenvalue weighted by Crippen LogP contribution is -2.49. The van der Waals surface area contributed by atoms with Crippen LogP contribution in [-0.4, -0.2) is 51.1 Å². The number of likely N-dealkylation sites (tertiary alicyclic amines) is 2. The van der Waals surface area contributed by atoms with E-state index in [9.17, 15) is 9.18 Å². The van der Waals surface area contributed by atoms with Crippen molar-refractivity contribution in [2.45, 2.75) is 58.0 Å². The molecule has 0 radical (unpaired) electrons. The number of carbonyl (C=O) groups excluding carboxylic acids is 1. The third kappa shape index (κ3) is 6.01. The summed E-state index contributed by atoms with van der Waals surface area (Å²) in [7, 11) is 1.94. The first kappa shape index (κ1) is 27.5. The summed E-state index contributed by atoms with van der Waals surface area (Å²) in [5, 5.41) is 3.25. The van der Waals surface area contributed by atoms with Gasteiger partial charge in [-0.15, -0.1) is 0 Å². The van der Waals surface area contributed by atoms with Crippen molar-refractivity contribution in [1.29, 1.82) is 0 Å². The lowest BCUT2D eigenvalue weighted by atomic mass is 9.86. The van der Waals surface area contributed by atoms with Gasteiger partial charge in [0.05, 0.1) is 11.0 Å². The summed E-state index contributed by atoms with van der Waals surface area (Å²) in [6, 6.07) is 21.7. The number of rotatable bonds is 5. The van der Waals surface area contributed by atoms with E-state index in [0.29, 0.717) is 11.4 Å². The summed E-state index contributed by atoms with van der Waals surface area (Å²) in [4.78, 5) is 23.1. The standard InChI is InChI=1S/C34H40FN5O/c1-24-21-27(33-36-30-22-28(35)13-15-32(30)38(33)2)12-14-29(24)37-34(41)40-18-8-4-7-11-31(40)26-16-19-39(20-17-26)23-25-9-5-3-6-10-25/h3,5-6,9-10,12-15,21-22,26,31H,4,7-8,11,16-20,23H2,1-2H3,(H,37,41). The first-order chi connectivity index (χ1) is 20.0. The molecule has 0 aliphatic carbocycles. The van der Waals surface area contributed by atoms with Crippen molar-refractivity contribution in [1.82, 2.24) is 19.4 Å². The number of benzene rings is 3. The van der Waals surface area contributed by atoms with Crippen LogP contribution in [0.5, 0.6) is 0 Å². The summed E-state index contributed by atoms with van der Waals surface area (Å²) in [5.41, 5.74) is 5.63. The minimum Gasteiger partial charge on any atom is -0.327 e. The average molecular weight is 554 g/mol. The molecule has 3 heterocycles. The molecule has 214 valence electrons. The lowest BCUT2D eigenvalue weighted by molar-refractivity contribution is 0.103. The maximum Gasteiger partial charge on any atom is 0.322 e. The van der Waals surface area contributed by atoms with Gasteiger partial charge in [-0.3, -0.25) is 4.90 Å². The Bertz CT molecular complexity index is 1510. The number of aromatic nitrogens is 2. The van der Waals surface area contributed by atoms with Gasteiger partial charge in [-0.2, -0.15) is 0 Å². The average Bonchev–Trinajstić information content (AvgIpc) is 3.13. The fraction of sp³-hybridized carbons (Fsp3) is 0.412. The van der Waals surface area contributed by atoms with Gasteiger partial charge in [-0.25, -0.2) is 14.2 Å². The number of carbonyl (C=O) groups is 1. The highest BCUT2D eigenvalue weighted by Crippen LogP contribution is 2.32. The molecule has 1 aromatic heterocycles. The predicted octanol–water partition coefficient (Wildman–Crippen LogP) is 7.38. The van der Waals surface area contributed by atoms with Gasteiger partial charge in [-0.05, 0) is 93.1 Å². The van der Waals surface area contributed by atoms with E-state index in [0.717, 1.165) is 80.0 Å². The Morgan fingerprint density at radius 2 is 1.76 bits per heavy atom. The predicted molar refractivity (Wildman–Crippen MR) is 163 cm³/mol. The minimum atomic E-state index is -0.291. The lowest BCUT2D eigenvalue weighted by Gasteiger charge is -2.40. The van der Waals surface area contributed by atoms with Gasteiger partial charge < -0.3 is 14.8 Å². The zero-order valence-corrected chi connectivity index (χ0v) is 24.2. The molecule has 1 N–H and O–H groups in total. The molecule has 6 rings (SSSR count). The SMILES string of the molecule is Cc1cc(-c2nc3cc(F)ccc3n2C)ccc1NC(=O)N1CCCCCC1C1CCN(Cc2ccccc2)CC1. The van der Waals surface area contributed by atoms with Gasteiger partial charge in [0.1, 0.15) is 11.6 Å². The summed E-state index contributed by atoms with van der Waals surface area (Å²) in [6.45, 7) is 6.00. The molecule has 2 aliphatic rings. The van der Waals surface area contributed by atoms with Gasteiger partial charge in [0.25, 0.3) is 0 Å². The van der Waals surface area contributed by atoms with Crippen LogP contribution >= 0.6 is 0 Å². The Hall–Kier alpha value is -3.71. The number of nitrogens with one attached hydrogen (secondary N) is 1. The van der Waals surface area contributed by atoms with Crippen LogP contribution in [0.25, 0.3) is 22.4 Å². The van der Waals surface area contributed by atoms with E-state index in [1.54, 1.807) is 6.07 Å². The minimum absolute atomic E-state index is 0.0117. The van der Waals surface area contributed by atoms with Crippen LogP contribution < -0.4 is 5.32 Å². The molecule has 2 amide bonds. The molecule has 1 atom stereocenters. The smallest absolute Gasteiger partial charge is 0.322 e. The molecule has 0 saturated carbocycles. The van der Waals surface area contributed by atoms with Crippen molar-refractivity contribution in [3.8, 4) is 11.4 Å². The third-order valence-electron chi connectivity index (χ3n) is 9.05. The second-order valence-electron chi connectivity index (χ2n) is 11.8. The number of urea groups is 1. The molecule has 41 heavy (non-hydrogen) atoms. The van der Waals surface area contributed by atoms with Gasteiger partial charge in [-0.1, -0.05) is 43.2 Å². The van der Waals surface area contributed by atoms with E-state index >= 15 is 0 Å². The Kier molecular flexibility index (Phi) is 8.06. The normalized spacial score (nSPS) is 18.9. The fourth-order valence-electron chi connectivity index (χ4n) is 6.78. The molecule has 3 aromatic carbocycles. The Labute approximate surface area is 242 Å². The van der Waals surface area contributed by atoms with Crippen molar-refractivity contribution < 1.29 is 9.18 Å². The van der Waals surface area contributed by atoms with Gasteiger partial charge in [0, 0.05) is 43.5 Å². The maximum atomic E-state index is 13.7. The molecular weight excluding hydrogens is 513 g/mol. The van der Waals surface area contributed by atoms with Crippen LogP contribution in [0.2, 0.25) is 0 Å². The fourth-order valence-corrected chi connectivity index (χ4v) is 6.78. The number of anilines is 1. The number of nitrogens with zero attached hydrogens (tertiary/aromatic N) is 4. The van der Waals surface area contributed by atoms with E-state index in [1.165, 1.54) is 30.5 Å². The zero-order chi connectivity index (χ0) is 28.3. The van der Waals surface area contributed by atoms with Crippen molar-refractivity contribution in [3.05, 3.63) is 83.7 Å². The topological polar surface area (TPSA) is 53.4 Å². The van der Waals surface area contributed by atoms with Crippen LogP contribution in [0.15, 0.2) is 66.7 Å². The number of hydrogen-bond acceptors (Lipinski definition) is 3. The first-order valence-corrected chi connectivity index (χ1v) is 15.0. The van der Waals surface area contributed by atoms with Crippen LogP contribution in [0.4, 0.5) is 14.9 Å². The van der Waals surface area contributed by atoms with E-state index < -0.39 is 0 Å². The Balaban J connectivity index is 1.13. The molecule has 2 aliphatic heterocycles. The van der Waals surface area contributed by atoms with Gasteiger partial charge in [0.15, 0.2) is 0 Å². The number of imidazole rings is 1. The van der Waals surface area contributed by atoms with E-state index in [2.05, 4.69) is 56.5 Å². The first-order valence-electron chi connectivity index (χ1n) is 15.0. The molecule has 4 aromatic rings. The van der Waals surface area contributed by atoms with Crippen LogP contribution in [0.3, 0.4) is 0 Å². The molecule has 0 bridgehead atoms. The summed E-state index contributed by atoms with van der Waals surface area (Å²) >= 11 is 0. The molecule has 6 nitrogen and oxygen atoms in total. The van der Waals surface area contributed by atoms with E-state index in [-0.39, 0.29) is 17.9 Å². The number of halogens is 1. The molecular formula is C34H40FN5O. The summed E-state index contributed by atoms with van der Waals surface area (Å²) < 4.78 is 15.7. The maximum absolute atomic E-state index is 13.7. The second-order valence-corrected chi connectivity index (χ2v) is 11.8. The highest BCUT2D eigenvalue weighted by atomic mass is 19.1. The highest BCUT2D eigenvalue weighted by molar-refractivity contribution is 5.91. The third-order valence-corrected chi connectivity index (χ3v) is 9.05. The van der Waals surface area contributed by atoms with Gasteiger partial charge in [0.2, 0.25) is 0 Å². The van der Waals surface area contributed by atoms with Crippen LogP contribution in [0.1, 0.15) is 49.7 Å². The second kappa shape index (κ2) is 12.0. The number of fused-ring (bicyclic) bond motifs is 1. The molecule has 1 unspecified atom stereocenters. The number of aryl methyl sites for hydroxylation is 2. The summed E-state index contributed by atoms with van der Waals surface area (Å²) in [6.07, 6.45) is 6.79. The van der Waals surface area contributed by atoms with E-state index in [1.807, 2.05) is 30.7 Å². The number of piperidine rings is 1. The van der Waals surface area contributed by atoms with Crippen LogP contribution in [-0.2, 0) is 13.6 Å². The van der Waals surface area contributed by atoms with E-state index in [4.69, 9.17) is 0 Å². The van der Waals surface area contributed by atoms with Crippen molar-refractivity contribution in [3.63, 3.8) is 0 Å². The van der Waals surface area contributed by atoms with Crippen LogP contribution in [0, 0.1) is 18.7 Å². The summed E-state index contributed by atoms with van der Waals surface area (Å²) in [5.74, 6) is 1.02. The zero-order valence-electron chi connectivity index (χ0n) is 24.2. The Morgan fingerprint density at radius 1 is 0.951 bits per heavy atom. The molecule has 2 fully saturated rings. The number of hydrogen-bond donors (Lipinski definition) is 1. The molecule has 2 saturated heterocycles. The molecule has 0 spiro atoms. The molecule has 7 heteroatoms. The Morgan fingerprint density at radius 3 is 2.54 bits per heavy atom. The highest BCUT2D eigenvalue weighted by Gasteiger charge is 2.34. The largest absolute Gasteiger partial charge is 0.327 e. The van der Waals surface area contributed by atoms with Gasteiger partial charge >= 0.3 is 6.03 Å². The van der Waals surface area contributed by atoms with Crippen molar-refractivity contribution in [2.75, 3.05) is 25.0 Å². The monoisotopic (exact) mass is 553 g/mol. The number of amides is 2. The quantitative estimate of drug-likeness (QED) is 0.281. The van der Waals surface area contributed by atoms with Crippen molar-refractivity contribution >= 4 is 22.8 Å². The van der Waals surface area contributed by atoms with Crippen molar-refractivity contribution in [2.24, 2.45) is 13.0 Å².